The van der Waals surface area contributed by atoms with Gasteiger partial charge in [0.25, 0.3) is 0 Å². The predicted molar refractivity (Wildman–Crippen MR) is 99.3 cm³/mol. The van der Waals surface area contributed by atoms with Gasteiger partial charge in [-0.3, -0.25) is 9.59 Å². The van der Waals surface area contributed by atoms with E-state index in [1.807, 2.05) is 42.5 Å². The van der Waals surface area contributed by atoms with Crippen LogP contribution < -0.4 is 10.6 Å². The van der Waals surface area contributed by atoms with Gasteiger partial charge in [-0.1, -0.05) is 42.8 Å². The Morgan fingerprint density at radius 2 is 1.72 bits per heavy atom. The molecule has 2 aromatic rings. The van der Waals surface area contributed by atoms with Crippen molar-refractivity contribution in [2.24, 2.45) is 0 Å². The van der Waals surface area contributed by atoms with Gasteiger partial charge in [0.2, 0.25) is 11.8 Å². The molecule has 0 heterocycles. The molecule has 25 heavy (non-hydrogen) atoms. The van der Waals surface area contributed by atoms with Crippen molar-refractivity contribution in [2.75, 3.05) is 5.32 Å². The van der Waals surface area contributed by atoms with E-state index in [1.165, 1.54) is 12.5 Å². The predicted octanol–water partition coefficient (Wildman–Crippen LogP) is 3.69. The Balaban J connectivity index is 1.72. The maximum atomic E-state index is 12.9. The number of rotatable bonds is 5. The van der Waals surface area contributed by atoms with Crippen LogP contribution in [0.2, 0.25) is 0 Å². The molecule has 130 valence electrons. The molecule has 0 bridgehead atoms. The fourth-order valence-electron chi connectivity index (χ4n) is 3.41. The smallest absolute Gasteiger partial charge is 0.230 e. The second-order valence-corrected chi connectivity index (χ2v) is 6.80. The van der Waals surface area contributed by atoms with Crippen molar-refractivity contribution in [2.45, 2.75) is 45.1 Å². The van der Waals surface area contributed by atoms with E-state index in [1.54, 1.807) is 0 Å². The Kier molecular flexibility index (Phi) is 4.88. The third kappa shape index (κ3) is 3.58. The lowest BCUT2D eigenvalue weighted by atomic mass is 9.63. The summed E-state index contributed by atoms with van der Waals surface area (Å²) < 4.78 is 0. The van der Waals surface area contributed by atoms with Crippen LogP contribution in [0.15, 0.2) is 48.5 Å². The van der Waals surface area contributed by atoms with Crippen molar-refractivity contribution in [1.29, 1.82) is 0 Å². The number of carbonyl (C=O) groups excluding carboxylic acids is 2. The number of hydrogen-bond donors (Lipinski definition) is 2. The standard InChI is InChI=1S/C21H24N2O2/c1-15-6-3-4-7-17(15)14-22-20(25)21(12-5-13-21)18-8-10-19(11-9-18)23-16(2)24/h3-4,6-11H,5,12-14H2,1-2H3,(H,22,25)(H,23,24). The minimum atomic E-state index is -0.433. The third-order valence-corrected chi connectivity index (χ3v) is 5.10. The summed E-state index contributed by atoms with van der Waals surface area (Å²) in [7, 11) is 0. The van der Waals surface area contributed by atoms with Gasteiger partial charge in [0.1, 0.15) is 0 Å². The molecule has 1 saturated carbocycles. The van der Waals surface area contributed by atoms with Crippen molar-refractivity contribution in [3.8, 4) is 0 Å². The van der Waals surface area contributed by atoms with E-state index in [9.17, 15) is 9.59 Å². The van der Waals surface area contributed by atoms with Gasteiger partial charge >= 0.3 is 0 Å². The first-order chi connectivity index (χ1) is 12.0. The number of amides is 2. The van der Waals surface area contributed by atoms with Crippen LogP contribution in [0.25, 0.3) is 0 Å². The van der Waals surface area contributed by atoms with Gasteiger partial charge < -0.3 is 10.6 Å². The molecule has 0 unspecified atom stereocenters. The highest BCUT2D eigenvalue weighted by molar-refractivity contribution is 5.90. The minimum Gasteiger partial charge on any atom is -0.351 e. The van der Waals surface area contributed by atoms with Crippen LogP contribution in [0, 0.1) is 6.92 Å². The fraction of sp³-hybridized carbons (Fsp3) is 0.333. The molecule has 0 radical (unpaired) electrons. The van der Waals surface area contributed by atoms with Crippen molar-refractivity contribution >= 4 is 17.5 Å². The summed E-state index contributed by atoms with van der Waals surface area (Å²) in [5.41, 5.74) is 3.68. The van der Waals surface area contributed by atoms with Gasteiger partial charge in [0.15, 0.2) is 0 Å². The van der Waals surface area contributed by atoms with Crippen molar-refractivity contribution < 1.29 is 9.59 Å². The summed E-state index contributed by atoms with van der Waals surface area (Å²) in [4.78, 5) is 24.1. The second kappa shape index (κ2) is 7.09. The normalized spacial score (nSPS) is 15.1. The van der Waals surface area contributed by atoms with Crippen molar-refractivity contribution in [1.82, 2.24) is 5.32 Å². The topological polar surface area (TPSA) is 58.2 Å². The van der Waals surface area contributed by atoms with E-state index in [0.717, 1.165) is 36.1 Å². The average molecular weight is 336 g/mol. The molecular formula is C21H24N2O2. The summed E-state index contributed by atoms with van der Waals surface area (Å²) in [6.45, 7) is 4.10. The molecule has 1 aliphatic rings. The number of anilines is 1. The molecule has 0 atom stereocenters. The van der Waals surface area contributed by atoms with E-state index in [2.05, 4.69) is 23.6 Å². The second-order valence-electron chi connectivity index (χ2n) is 6.80. The Bertz CT molecular complexity index is 777. The fourth-order valence-corrected chi connectivity index (χ4v) is 3.41. The Morgan fingerprint density at radius 1 is 1.04 bits per heavy atom. The minimum absolute atomic E-state index is 0.0919. The maximum Gasteiger partial charge on any atom is 0.230 e. The summed E-state index contributed by atoms with van der Waals surface area (Å²) >= 11 is 0. The summed E-state index contributed by atoms with van der Waals surface area (Å²) in [5, 5.41) is 5.88. The summed E-state index contributed by atoms with van der Waals surface area (Å²) in [6, 6.07) is 15.7. The van der Waals surface area contributed by atoms with Gasteiger partial charge in [-0.15, -0.1) is 0 Å². The van der Waals surface area contributed by atoms with Crippen molar-refractivity contribution in [3.05, 3.63) is 65.2 Å². The molecule has 4 nitrogen and oxygen atoms in total. The Hall–Kier alpha value is -2.62. The Morgan fingerprint density at radius 3 is 2.28 bits per heavy atom. The molecular weight excluding hydrogens is 312 g/mol. The maximum absolute atomic E-state index is 12.9. The number of aryl methyl sites for hydroxylation is 1. The largest absolute Gasteiger partial charge is 0.351 e. The van der Waals surface area contributed by atoms with Gasteiger partial charge in [-0.05, 0) is 48.6 Å². The SMILES string of the molecule is CC(=O)Nc1ccc(C2(C(=O)NCc3ccccc3C)CCC2)cc1. The third-order valence-electron chi connectivity index (χ3n) is 5.10. The first kappa shape index (κ1) is 17.2. The molecule has 0 aromatic heterocycles. The van der Waals surface area contributed by atoms with Gasteiger partial charge in [-0.2, -0.15) is 0 Å². The van der Waals surface area contributed by atoms with Crippen LogP contribution in [0.4, 0.5) is 5.69 Å². The molecule has 1 aliphatic carbocycles. The van der Waals surface area contributed by atoms with Gasteiger partial charge in [-0.25, -0.2) is 0 Å². The average Bonchev–Trinajstić information content (AvgIpc) is 2.54. The molecule has 2 amide bonds. The van der Waals surface area contributed by atoms with E-state index in [4.69, 9.17) is 0 Å². The molecule has 2 aromatic carbocycles. The molecule has 0 spiro atoms. The molecule has 0 saturated heterocycles. The number of nitrogens with one attached hydrogen (secondary N) is 2. The van der Waals surface area contributed by atoms with Gasteiger partial charge in [0.05, 0.1) is 5.41 Å². The van der Waals surface area contributed by atoms with Crippen LogP contribution in [0.3, 0.4) is 0 Å². The monoisotopic (exact) mass is 336 g/mol. The van der Waals surface area contributed by atoms with E-state index in [-0.39, 0.29) is 11.8 Å². The van der Waals surface area contributed by atoms with E-state index in [0.29, 0.717) is 6.54 Å². The highest BCUT2D eigenvalue weighted by Crippen LogP contribution is 2.44. The zero-order valence-electron chi connectivity index (χ0n) is 14.8. The number of hydrogen-bond acceptors (Lipinski definition) is 2. The molecule has 3 rings (SSSR count). The molecule has 2 N–H and O–H groups in total. The van der Waals surface area contributed by atoms with Crippen molar-refractivity contribution in [3.63, 3.8) is 0 Å². The molecule has 0 aliphatic heterocycles. The lowest BCUT2D eigenvalue weighted by Crippen LogP contribution is -2.49. The van der Waals surface area contributed by atoms with Crippen LogP contribution in [0.1, 0.15) is 42.9 Å². The van der Waals surface area contributed by atoms with Crippen LogP contribution in [-0.4, -0.2) is 11.8 Å². The van der Waals surface area contributed by atoms with Crippen LogP contribution in [-0.2, 0) is 21.5 Å². The lowest BCUT2D eigenvalue weighted by Gasteiger charge is -2.40. The highest BCUT2D eigenvalue weighted by atomic mass is 16.2. The first-order valence-electron chi connectivity index (χ1n) is 8.72. The number of carbonyl (C=O) groups is 2. The van der Waals surface area contributed by atoms with Crippen LogP contribution >= 0.6 is 0 Å². The van der Waals surface area contributed by atoms with Gasteiger partial charge in [0, 0.05) is 19.2 Å². The van der Waals surface area contributed by atoms with E-state index < -0.39 is 5.41 Å². The first-order valence-corrected chi connectivity index (χ1v) is 8.72. The zero-order valence-corrected chi connectivity index (χ0v) is 14.8. The summed E-state index contributed by atoms with van der Waals surface area (Å²) in [5.74, 6) is -0.00337. The molecule has 1 fully saturated rings. The highest BCUT2D eigenvalue weighted by Gasteiger charge is 2.45. The summed E-state index contributed by atoms with van der Waals surface area (Å²) in [6.07, 6.45) is 2.80. The molecule has 4 heteroatoms. The lowest BCUT2D eigenvalue weighted by molar-refractivity contribution is -0.130. The van der Waals surface area contributed by atoms with E-state index >= 15 is 0 Å². The number of benzene rings is 2. The quantitative estimate of drug-likeness (QED) is 0.875. The Labute approximate surface area is 148 Å². The zero-order chi connectivity index (χ0) is 17.9. The van der Waals surface area contributed by atoms with Crippen LogP contribution in [0.5, 0.6) is 0 Å².